The number of hydrogen-bond donors (Lipinski definition) is 3. The minimum atomic E-state index is -0.830. The van der Waals surface area contributed by atoms with E-state index in [1.807, 2.05) is 20.8 Å². The van der Waals surface area contributed by atoms with Gasteiger partial charge in [0.25, 0.3) is 0 Å². The maximum atomic E-state index is 11.7. The number of carbonyl (C=O) groups excluding carboxylic acids is 1. The van der Waals surface area contributed by atoms with E-state index in [1.165, 1.54) is 0 Å². The molecule has 0 saturated heterocycles. The molecule has 2 unspecified atom stereocenters. The largest absolute Gasteiger partial charge is 0.481 e. The number of rotatable bonds is 10. The van der Waals surface area contributed by atoms with E-state index in [0.29, 0.717) is 19.1 Å². The number of nitrogens with one attached hydrogen (secondary N) is 2. The molecule has 2 atom stereocenters. The van der Waals surface area contributed by atoms with E-state index in [-0.39, 0.29) is 24.4 Å². The van der Waals surface area contributed by atoms with Crippen LogP contribution in [0.5, 0.6) is 0 Å². The van der Waals surface area contributed by atoms with Crippen LogP contribution < -0.4 is 10.6 Å². The number of urea groups is 1. The molecule has 2 amide bonds. The summed E-state index contributed by atoms with van der Waals surface area (Å²) < 4.78 is 5.01. The van der Waals surface area contributed by atoms with Crippen LogP contribution in [0.25, 0.3) is 0 Å². The molecule has 6 heteroatoms. The summed E-state index contributed by atoms with van der Waals surface area (Å²) in [4.78, 5) is 22.5. The number of hydrogen-bond acceptors (Lipinski definition) is 3. The van der Waals surface area contributed by atoms with Crippen molar-refractivity contribution >= 4 is 12.0 Å². The third-order valence-corrected chi connectivity index (χ3v) is 3.02. The van der Waals surface area contributed by atoms with Gasteiger partial charge in [-0.15, -0.1) is 0 Å². The molecule has 0 aliphatic rings. The summed E-state index contributed by atoms with van der Waals surface area (Å²) in [5.74, 6) is -0.467. The summed E-state index contributed by atoms with van der Waals surface area (Å²) in [7, 11) is 1.59. The maximum Gasteiger partial charge on any atom is 0.315 e. The lowest BCUT2D eigenvalue weighted by atomic mass is 9.94. The fraction of sp³-hybridized carbons (Fsp3) is 0.857. The van der Waals surface area contributed by atoms with Crippen LogP contribution in [0.3, 0.4) is 0 Å². The van der Waals surface area contributed by atoms with Crippen LogP contribution in [-0.4, -0.2) is 43.4 Å². The normalized spacial score (nSPS) is 13.8. The predicted molar refractivity (Wildman–Crippen MR) is 77.7 cm³/mol. The van der Waals surface area contributed by atoms with E-state index in [9.17, 15) is 9.59 Å². The van der Waals surface area contributed by atoms with Crippen molar-refractivity contribution in [3.8, 4) is 0 Å². The first-order valence-corrected chi connectivity index (χ1v) is 7.14. The van der Waals surface area contributed by atoms with E-state index in [4.69, 9.17) is 9.84 Å². The number of ether oxygens (including phenoxy) is 1. The number of amides is 2. The molecule has 6 nitrogen and oxygen atoms in total. The number of methoxy groups -OCH3 is 1. The lowest BCUT2D eigenvalue weighted by Gasteiger charge is -2.20. The van der Waals surface area contributed by atoms with Gasteiger partial charge in [-0.1, -0.05) is 20.8 Å². The zero-order valence-electron chi connectivity index (χ0n) is 12.9. The van der Waals surface area contributed by atoms with Crippen LogP contribution in [0, 0.1) is 11.8 Å². The minimum Gasteiger partial charge on any atom is -0.481 e. The molecule has 0 aromatic rings. The molecule has 0 saturated carbocycles. The Balaban J connectivity index is 4.17. The molecule has 0 radical (unpaired) electrons. The van der Waals surface area contributed by atoms with E-state index in [2.05, 4.69) is 10.6 Å². The van der Waals surface area contributed by atoms with Crippen LogP contribution >= 0.6 is 0 Å². The average Bonchev–Trinajstić information content (AvgIpc) is 2.34. The van der Waals surface area contributed by atoms with Gasteiger partial charge in [0.15, 0.2) is 0 Å². The van der Waals surface area contributed by atoms with E-state index >= 15 is 0 Å². The van der Waals surface area contributed by atoms with Crippen molar-refractivity contribution in [3.05, 3.63) is 0 Å². The zero-order chi connectivity index (χ0) is 15.5. The summed E-state index contributed by atoms with van der Waals surface area (Å²) >= 11 is 0. The van der Waals surface area contributed by atoms with Crippen molar-refractivity contribution in [2.45, 2.75) is 46.1 Å². The monoisotopic (exact) mass is 288 g/mol. The van der Waals surface area contributed by atoms with Crippen molar-refractivity contribution in [1.82, 2.24) is 10.6 Å². The third kappa shape index (κ3) is 9.61. The van der Waals surface area contributed by atoms with Crippen LogP contribution in [-0.2, 0) is 9.53 Å². The van der Waals surface area contributed by atoms with E-state index in [1.54, 1.807) is 7.11 Å². The number of carboxylic acids is 1. The number of aliphatic carboxylic acids is 1. The predicted octanol–water partition coefficient (Wildman–Crippen LogP) is 1.85. The molecule has 0 aliphatic carbocycles. The highest BCUT2D eigenvalue weighted by molar-refractivity contribution is 5.74. The first-order valence-electron chi connectivity index (χ1n) is 7.14. The first-order chi connectivity index (χ1) is 9.38. The van der Waals surface area contributed by atoms with Crippen LogP contribution in [0.4, 0.5) is 4.79 Å². The van der Waals surface area contributed by atoms with Crippen molar-refractivity contribution < 1.29 is 19.4 Å². The standard InChI is InChI=1S/C14H28N2O4/c1-5-12(9-20-4)16-14(19)15-8-11(6-10(2)3)7-13(17)18/h10-12H,5-9H2,1-4H3,(H,17,18)(H2,15,16,19). The highest BCUT2D eigenvalue weighted by Gasteiger charge is 2.17. The first kappa shape index (κ1) is 18.7. The van der Waals surface area contributed by atoms with Crippen molar-refractivity contribution in [1.29, 1.82) is 0 Å². The van der Waals surface area contributed by atoms with Crippen LogP contribution in [0.1, 0.15) is 40.0 Å². The number of carbonyl (C=O) groups is 2. The summed E-state index contributed by atoms with van der Waals surface area (Å²) in [5, 5.41) is 14.4. The topological polar surface area (TPSA) is 87.7 Å². The molecular weight excluding hydrogens is 260 g/mol. The molecule has 0 rings (SSSR count). The molecule has 0 bridgehead atoms. The van der Waals surface area contributed by atoms with Gasteiger partial charge in [0.05, 0.1) is 12.6 Å². The lowest BCUT2D eigenvalue weighted by Crippen LogP contribution is -2.45. The van der Waals surface area contributed by atoms with Gasteiger partial charge < -0.3 is 20.5 Å². The SMILES string of the molecule is CCC(COC)NC(=O)NCC(CC(=O)O)CC(C)C. The number of carboxylic acid groups (broad SMARTS) is 1. The Morgan fingerprint density at radius 1 is 1.30 bits per heavy atom. The minimum absolute atomic E-state index is 0.0250. The Bertz CT molecular complexity index is 295. The fourth-order valence-electron chi connectivity index (χ4n) is 2.09. The summed E-state index contributed by atoms with van der Waals surface area (Å²) in [6.07, 6.45) is 1.64. The molecule has 0 aromatic heterocycles. The van der Waals surface area contributed by atoms with Crippen LogP contribution in [0.2, 0.25) is 0 Å². The fourth-order valence-corrected chi connectivity index (χ4v) is 2.09. The van der Waals surface area contributed by atoms with Gasteiger partial charge in [0.2, 0.25) is 0 Å². The second kappa shape index (κ2) is 10.5. The Morgan fingerprint density at radius 2 is 1.95 bits per heavy atom. The van der Waals surface area contributed by atoms with Gasteiger partial charge >= 0.3 is 12.0 Å². The second-order valence-corrected chi connectivity index (χ2v) is 5.51. The van der Waals surface area contributed by atoms with E-state index in [0.717, 1.165) is 12.8 Å². The molecule has 0 heterocycles. The Labute approximate surface area is 121 Å². The van der Waals surface area contributed by atoms with Gasteiger partial charge in [-0.2, -0.15) is 0 Å². The molecule has 20 heavy (non-hydrogen) atoms. The Kier molecular flexibility index (Phi) is 9.80. The van der Waals surface area contributed by atoms with Crippen molar-refractivity contribution in [2.75, 3.05) is 20.3 Å². The van der Waals surface area contributed by atoms with Crippen molar-refractivity contribution in [2.24, 2.45) is 11.8 Å². The van der Waals surface area contributed by atoms with Gasteiger partial charge in [0.1, 0.15) is 0 Å². The Morgan fingerprint density at radius 3 is 2.40 bits per heavy atom. The second-order valence-electron chi connectivity index (χ2n) is 5.51. The average molecular weight is 288 g/mol. The molecule has 0 aliphatic heterocycles. The molecular formula is C14H28N2O4. The zero-order valence-corrected chi connectivity index (χ0v) is 12.9. The summed E-state index contributed by atoms with van der Waals surface area (Å²) in [6.45, 7) is 6.89. The quantitative estimate of drug-likeness (QED) is 0.572. The highest BCUT2D eigenvalue weighted by atomic mass is 16.5. The van der Waals surface area contributed by atoms with E-state index < -0.39 is 5.97 Å². The van der Waals surface area contributed by atoms with Gasteiger partial charge in [-0.25, -0.2) is 4.79 Å². The lowest BCUT2D eigenvalue weighted by molar-refractivity contribution is -0.138. The molecule has 0 spiro atoms. The summed E-state index contributed by atoms with van der Waals surface area (Å²) in [6, 6.07) is -0.295. The molecule has 0 aromatic carbocycles. The van der Waals surface area contributed by atoms with Crippen LogP contribution in [0.15, 0.2) is 0 Å². The maximum absolute atomic E-state index is 11.7. The third-order valence-electron chi connectivity index (χ3n) is 3.02. The molecule has 0 fully saturated rings. The smallest absolute Gasteiger partial charge is 0.315 e. The Hall–Kier alpha value is -1.30. The van der Waals surface area contributed by atoms with Gasteiger partial charge in [0, 0.05) is 20.1 Å². The molecule has 3 N–H and O–H groups in total. The highest BCUT2D eigenvalue weighted by Crippen LogP contribution is 2.14. The van der Waals surface area contributed by atoms with Crippen molar-refractivity contribution in [3.63, 3.8) is 0 Å². The molecule has 118 valence electrons. The summed E-state index contributed by atoms with van der Waals surface area (Å²) in [5.41, 5.74) is 0. The van der Waals surface area contributed by atoms with Gasteiger partial charge in [-0.05, 0) is 24.7 Å². The van der Waals surface area contributed by atoms with Gasteiger partial charge in [-0.3, -0.25) is 4.79 Å².